The molecule has 1 N–H and O–H groups in total. The fourth-order valence-corrected chi connectivity index (χ4v) is 2.56. The zero-order valence-electron chi connectivity index (χ0n) is 11.7. The van der Waals surface area contributed by atoms with Gasteiger partial charge in [-0.05, 0) is 12.1 Å². The van der Waals surface area contributed by atoms with Gasteiger partial charge in [0.05, 0.1) is 13.3 Å². The summed E-state index contributed by atoms with van der Waals surface area (Å²) in [6, 6.07) is 7.15. The van der Waals surface area contributed by atoms with Crippen LogP contribution in [0.15, 0.2) is 48.2 Å². The minimum Gasteiger partial charge on any atom is -0.497 e. The lowest BCUT2D eigenvalue weighted by molar-refractivity contribution is 0.102. The summed E-state index contributed by atoms with van der Waals surface area (Å²) >= 11 is 1.35. The first-order chi connectivity index (χ1) is 10.8. The van der Waals surface area contributed by atoms with E-state index in [-0.39, 0.29) is 5.91 Å². The maximum Gasteiger partial charge on any atom is 0.275 e. The van der Waals surface area contributed by atoms with Crippen LogP contribution in [-0.4, -0.2) is 28.0 Å². The first-order valence-corrected chi connectivity index (χ1v) is 7.31. The summed E-state index contributed by atoms with van der Waals surface area (Å²) in [7, 11) is 1.58. The second-order valence-electron chi connectivity index (χ2n) is 4.31. The van der Waals surface area contributed by atoms with Crippen molar-refractivity contribution in [3.05, 3.63) is 53.9 Å². The highest BCUT2D eigenvalue weighted by Gasteiger charge is 2.13. The number of carbonyl (C=O) groups is 1. The van der Waals surface area contributed by atoms with Gasteiger partial charge in [0.1, 0.15) is 22.1 Å². The predicted molar refractivity (Wildman–Crippen MR) is 84.1 cm³/mol. The summed E-state index contributed by atoms with van der Waals surface area (Å²) in [6.07, 6.45) is 4.79. The Hall–Kier alpha value is -2.80. The summed E-state index contributed by atoms with van der Waals surface area (Å²) < 4.78 is 5.12. The molecule has 110 valence electrons. The molecular formula is C15H12N4O2S. The lowest BCUT2D eigenvalue weighted by atomic mass is 10.3. The molecule has 0 aliphatic heterocycles. The van der Waals surface area contributed by atoms with Crippen LogP contribution in [0.2, 0.25) is 0 Å². The number of nitrogens with one attached hydrogen (secondary N) is 1. The zero-order valence-corrected chi connectivity index (χ0v) is 12.5. The van der Waals surface area contributed by atoms with E-state index in [9.17, 15) is 4.79 Å². The number of aromatic nitrogens is 3. The average Bonchev–Trinajstić information content (AvgIpc) is 3.06. The summed E-state index contributed by atoms with van der Waals surface area (Å²) in [4.78, 5) is 24.7. The van der Waals surface area contributed by atoms with E-state index < -0.39 is 0 Å². The molecule has 0 saturated heterocycles. The van der Waals surface area contributed by atoms with Crippen LogP contribution in [0.25, 0.3) is 10.7 Å². The number of amides is 1. The van der Waals surface area contributed by atoms with Crippen LogP contribution in [0, 0.1) is 0 Å². The van der Waals surface area contributed by atoms with Crippen LogP contribution in [0.3, 0.4) is 0 Å². The molecule has 6 nitrogen and oxygen atoms in total. The van der Waals surface area contributed by atoms with Gasteiger partial charge in [-0.15, -0.1) is 11.3 Å². The molecular weight excluding hydrogens is 300 g/mol. The SMILES string of the molecule is COc1cccc(NC(=O)c2csc(-c3cnccn3)n2)c1. The maximum atomic E-state index is 12.2. The fourth-order valence-electron chi connectivity index (χ4n) is 1.80. The molecule has 3 aromatic rings. The van der Waals surface area contributed by atoms with Crippen LogP contribution < -0.4 is 10.1 Å². The number of rotatable bonds is 4. The first kappa shape index (κ1) is 14.2. The van der Waals surface area contributed by atoms with Gasteiger partial charge in [0, 0.05) is 29.5 Å². The minimum atomic E-state index is -0.278. The van der Waals surface area contributed by atoms with E-state index in [2.05, 4.69) is 20.3 Å². The van der Waals surface area contributed by atoms with Crippen molar-refractivity contribution in [2.75, 3.05) is 12.4 Å². The Bertz CT molecular complexity index is 789. The number of hydrogen-bond acceptors (Lipinski definition) is 6. The van der Waals surface area contributed by atoms with Crippen molar-refractivity contribution >= 4 is 22.9 Å². The number of anilines is 1. The monoisotopic (exact) mass is 312 g/mol. The maximum absolute atomic E-state index is 12.2. The molecule has 0 atom stereocenters. The molecule has 2 heterocycles. The van der Waals surface area contributed by atoms with Crippen molar-refractivity contribution in [1.29, 1.82) is 0 Å². The van der Waals surface area contributed by atoms with Crippen LogP contribution in [0.5, 0.6) is 5.75 Å². The summed E-state index contributed by atoms with van der Waals surface area (Å²) in [5.41, 5.74) is 1.64. The van der Waals surface area contributed by atoms with Gasteiger partial charge in [-0.25, -0.2) is 4.98 Å². The molecule has 0 aliphatic carbocycles. The van der Waals surface area contributed by atoms with E-state index in [1.807, 2.05) is 6.07 Å². The van der Waals surface area contributed by atoms with Crippen LogP contribution >= 0.6 is 11.3 Å². The van der Waals surface area contributed by atoms with E-state index in [0.29, 0.717) is 27.8 Å². The highest BCUT2D eigenvalue weighted by atomic mass is 32.1. The van der Waals surface area contributed by atoms with Crippen molar-refractivity contribution in [1.82, 2.24) is 15.0 Å². The Morgan fingerprint density at radius 2 is 2.23 bits per heavy atom. The Balaban J connectivity index is 1.77. The quantitative estimate of drug-likeness (QED) is 0.801. The number of hydrogen-bond donors (Lipinski definition) is 1. The fraction of sp³-hybridized carbons (Fsp3) is 0.0667. The van der Waals surface area contributed by atoms with Crippen molar-refractivity contribution < 1.29 is 9.53 Å². The molecule has 7 heteroatoms. The van der Waals surface area contributed by atoms with Gasteiger partial charge in [0.25, 0.3) is 5.91 Å². The number of nitrogens with zero attached hydrogens (tertiary/aromatic N) is 3. The topological polar surface area (TPSA) is 77.0 Å². The van der Waals surface area contributed by atoms with Gasteiger partial charge < -0.3 is 10.1 Å². The van der Waals surface area contributed by atoms with Crippen LogP contribution in [0.1, 0.15) is 10.5 Å². The standard InChI is InChI=1S/C15H12N4O2S/c1-21-11-4-2-3-10(7-11)18-14(20)13-9-22-15(19-13)12-8-16-5-6-17-12/h2-9H,1H3,(H,18,20). The van der Waals surface area contributed by atoms with E-state index in [1.165, 1.54) is 11.3 Å². The van der Waals surface area contributed by atoms with Gasteiger partial charge >= 0.3 is 0 Å². The normalized spacial score (nSPS) is 10.2. The molecule has 3 rings (SSSR count). The molecule has 0 aliphatic rings. The van der Waals surface area contributed by atoms with E-state index in [0.717, 1.165) is 0 Å². The average molecular weight is 312 g/mol. The van der Waals surface area contributed by atoms with Gasteiger partial charge in [-0.1, -0.05) is 6.07 Å². The molecule has 0 unspecified atom stereocenters. The molecule has 0 fully saturated rings. The molecule has 2 aromatic heterocycles. The summed E-state index contributed by atoms with van der Waals surface area (Å²) in [5, 5.41) is 5.14. The summed E-state index contributed by atoms with van der Waals surface area (Å²) in [5.74, 6) is 0.399. The number of ether oxygens (including phenoxy) is 1. The molecule has 0 saturated carbocycles. The second-order valence-corrected chi connectivity index (χ2v) is 5.17. The number of thiazole rings is 1. The summed E-state index contributed by atoms with van der Waals surface area (Å²) in [6.45, 7) is 0. The Morgan fingerprint density at radius 1 is 1.32 bits per heavy atom. The lowest BCUT2D eigenvalue weighted by Crippen LogP contribution is -2.12. The smallest absolute Gasteiger partial charge is 0.275 e. The van der Waals surface area contributed by atoms with E-state index in [4.69, 9.17) is 4.74 Å². The minimum absolute atomic E-state index is 0.278. The zero-order chi connectivity index (χ0) is 15.4. The van der Waals surface area contributed by atoms with Gasteiger partial charge in [0.2, 0.25) is 0 Å². The second kappa shape index (κ2) is 6.31. The van der Waals surface area contributed by atoms with Gasteiger partial charge in [0.15, 0.2) is 0 Å². The molecule has 22 heavy (non-hydrogen) atoms. The number of methoxy groups -OCH3 is 1. The third-order valence-electron chi connectivity index (χ3n) is 2.85. The first-order valence-electron chi connectivity index (χ1n) is 6.43. The highest BCUT2D eigenvalue weighted by molar-refractivity contribution is 7.13. The Labute approximate surface area is 130 Å². The Morgan fingerprint density at radius 3 is 3.00 bits per heavy atom. The van der Waals surface area contributed by atoms with Gasteiger partial charge in [-0.2, -0.15) is 0 Å². The lowest BCUT2D eigenvalue weighted by Gasteiger charge is -2.05. The van der Waals surface area contributed by atoms with Crippen molar-refractivity contribution in [2.24, 2.45) is 0 Å². The molecule has 0 spiro atoms. The van der Waals surface area contributed by atoms with Crippen molar-refractivity contribution in [2.45, 2.75) is 0 Å². The third-order valence-corrected chi connectivity index (χ3v) is 3.71. The molecule has 1 amide bonds. The van der Waals surface area contributed by atoms with Crippen molar-refractivity contribution in [3.8, 4) is 16.5 Å². The molecule has 1 aromatic carbocycles. The third kappa shape index (κ3) is 3.09. The number of benzene rings is 1. The van der Waals surface area contributed by atoms with Crippen LogP contribution in [0.4, 0.5) is 5.69 Å². The Kier molecular flexibility index (Phi) is 4.06. The van der Waals surface area contributed by atoms with E-state index >= 15 is 0 Å². The predicted octanol–water partition coefficient (Wildman–Crippen LogP) is 2.86. The highest BCUT2D eigenvalue weighted by Crippen LogP contribution is 2.22. The van der Waals surface area contributed by atoms with Gasteiger partial charge in [-0.3, -0.25) is 14.8 Å². The molecule has 0 radical (unpaired) electrons. The largest absolute Gasteiger partial charge is 0.497 e. The number of carbonyl (C=O) groups excluding carboxylic acids is 1. The molecule has 0 bridgehead atoms. The van der Waals surface area contributed by atoms with Crippen molar-refractivity contribution in [3.63, 3.8) is 0 Å². The van der Waals surface area contributed by atoms with Crippen LogP contribution in [-0.2, 0) is 0 Å². The van der Waals surface area contributed by atoms with E-state index in [1.54, 1.807) is 49.3 Å².